The molecule has 1 aromatic carbocycles. The summed E-state index contributed by atoms with van der Waals surface area (Å²) >= 11 is 1.59. The Hall–Kier alpha value is -1.00. The van der Waals surface area contributed by atoms with Gasteiger partial charge in [-0.05, 0) is 32.4 Å². The molecule has 1 aliphatic heterocycles. The maximum absolute atomic E-state index is 12.0. The molecule has 0 saturated carbocycles. The Morgan fingerprint density at radius 1 is 1.39 bits per heavy atom. The van der Waals surface area contributed by atoms with Crippen LogP contribution in [-0.4, -0.2) is 22.4 Å². The highest BCUT2D eigenvalue weighted by Crippen LogP contribution is 2.40. The molecule has 2 atom stereocenters. The molecule has 1 aliphatic rings. The van der Waals surface area contributed by atoms with Gasteiger partial charge in [-0.25, -0.2) is 0 Å². The van der Waals surface area contributed by atoms with E-state index >= 15 is 0 Å². The van der Waals surface area contributed by atoms with Crippen molar-refractivity contribution in [2.24, 2.45) is 5.92 Å². The lowest BCUT2D eigenvalue weighted by Crippen LogP contribution is -2.34. The van der Waals surface area contributed by atoms with Crippen LogP contribution in [0.25, 0.3) is 0 Å². The van der Waals surface area contributed by atoms with Crippen LogP contribution in [0, 0.1) is 5.92 Å². The monoisotopic (exact) mass is 266 g/mol. The van der Waals surface area contributed by atoms with Crippen LogP contribution in [0.3, 0.4) is 0 Å². The summed E-state index contributed by atoms with van der Waals surface area (Å²) in [5.74, 6) is -0.242. The first-order valence-corrected chi connectivity index (χ1v) is 7.00. The predicted molar refractivity (Wildman–Crippen MR) is 71.5 cm³/mol. The summed E-state index contributed by atoms with van der Waals surface area (Å²) in [5, 5.41) is 10.3. The maximum Gasteiger partial charge on any atom is 0.313 e. The first-order chi connectivity index (χ1) is 8.38. The molecule has 3 nitrogen and oxygen atoms in total. The second-order valence-corrected chi connectivity index (χ2v) is 6.50. The first kappa shape index (κ1) is 13.4. The molecule has 0 fully saturated rings. The van der Waals surface area contributed by atoms with Gasteiger partial charge in [0.15, 0.2) is 0 Å². The Balaban J connectivity index is 2.17. The quantitative estimate of drug-likeness (QED) is 0.794. The smallest absolute Gasteiger partial charge is 0.313 e. The minimum Gasteiger partial charge on any atom is -0.460 e. The van der Waals surface area contributed by atoms with E-state index in [1.165, 1.54) is 0 Å². The molecule has 98 valence electrons. The minimum atomic E-state index is -0.766. The molecule has 0 aromatic heterocycles. The van der Waals surface area contributed by atoms with Gasteiger partial charge >= 0.3 is 5.97 Å². The fraction of sp³-hybridized carbons (Fsp3) is 0.500. The Morgan fingerprint density at radius 2 is 2.06 bits per heavy atom. The summed E-state index contributed by atoms with van der Waals surface area (Å²) in [6, 6.07) is 7.64. The van der Waals surface area contributed by atoms with Crippen LogP contribution in [0.4, 0.5) is 0 Å². The number of carbonyl (C=O) groups excluding carboxylic acids is 1. The standard InChI is InChI=1S/C14H18O3S/c1-14(2,3)17-13(16)10-8-18-11-7-5-4-6-9(11)12(10)15/h4-7,10,12,15H,8H2,1-3H3. The van der Waals surface area contributed by atoms with Crippen molar-refractivity contribution in [1.29, 1.82) is 0 Å². The lowest BCUT2D eigenvalue weighted by molar-refractivity contribution is -0.163. The molecule has 0 aliphatic carbocycles. The van der Waals surface area contributed by atoms with Crippen LogP contribution in [-0.2, 0) is 9.53 Å². The lowest BCUT2D eigenvalue weighted by atomic mass is 9.96. The molecule has 1 N–H and O–H groups in total. The highest BCUT2D eigenvalue weighted by Gasteiger charge is 2.36. The van der Waals surface area contributed by atoms with E-state index in [4.69, 9.17) is 4.74 Å². The van der Waals surface area contributed by atoms with Gasteiger partial charge in [0.25, 0.3) is 0 Å². The van der Waals surface area contributed by atoms with Gasteiger partial charge in [-0.2, -0.15) is 0 Å². The highest BCUT2D eigenvalue weighted by atomic mass is 32.2. The topological polar surface area (TPSA) is 46.5 Å². The number of fused-ring (bicyclic) bond motifs is 1. The van der Waals surface area contributed by atoms with Gasteiger partial charge in [-0.1, -0.05) is 18.2 Å². The Morgan fingerprint density at radius 3 is 2.72 bits per heavy atom. The third-order valence-electron chi connectivity index (χ3n) is 2.75. The summed E-state index contributed by atoms with van der Waals surface area (Å²) in [6.07, 6.45) is -0.766. The molecule has 4 heteroatoms. The van der Waals surface area contributed by atoms with Crippen LogP contribution < -0.4 is 0 Å². The van der Waals surface area contributed by atoms with E-state index < -0.39 is 17.6 Å². The molecule has 0 amide bonds. The molecule has 0 bridgehead atoms. The van der Waals surface area contributed by atoms with Gasteiger partial charge in [0.2, 0.25) is 0 Å². The Labute approximate surface area is 112 Å². The largest absolute Gasteiger partial charge is 0.460 e. The fourth-order valence-electron chi connectivity index (χ4n) is 1.92. The number of ether oxygens (including phenoxy) is 1. The molecule has 2 unspecified atom stereocenters. The molecule has 0 saturated heterocycles. The summed E-state index contributed by atoms with van der Waals surface area (Å²) in [4.78, 5) is 13.1. The van der Waals surface area contributed by atoms with Gasteiger partial charge in [-0.3, -0.25) is 4.79 Å². The van der Waals surface area contributed by atoms with Crippen molar-refractivity contribution in [1.82, 2.24) is 0 Å². The van der Waals surface area contributed by atoms with Crippen molar-refractivity contribution in [2.75, 3.05) is 5.75 Å². The number of thioether (sulfide) groups is 1. The van der Waals surface area contributed by atoms with E-state index in [-0.39, 0.29) is 5.97 Å². The van der Waals surface area contributed by atoms with Gasteiger partial charge in [0.1, 0.15) is 5.60 Å². The van der Waals surface area contributed by atoms with Crippen molar-refractivity contribution in [3.8, 4) is 0 Å². The third kappa shape index (κ3) is 2.87. The lowest BCUT2D eigenvalue weighted by Gasteiger charge is -2.30. The summed E-state index contributed by atoms with van der Waals surface area (Å²) < 4.78 is 5.35. The molecular weight excluding hydrogens is 248 g/mol. The number of hydrogen-bond acceptors (Lipinski definition) is 4. The zero-order valence-electron chi connectivity index (χ0n) is 10.8. The van der Waals surface area contributed by atoms with E-state index in [0.717, 1.165) is 10.5 Å². The fourth-order valence-corrected chi connectivity index (χ4v) is 3.13. The number of aliphatic hydroxyl groups excluding tert-OH is 1. The van der Waals surface area contributed by atoms with E-state index in [0.29, 0.717) is 5.75 Å². The van der Waals surface area contributed by atoms with E-state index in [9.17, 15) is 9.90 Å². The van der Waals surface area contributed by atoms with Crippen molar-refractivity contribution < 1.29 is 14.6 Å². The second kappa shape index (κ2) is 4.94. The summed E-state index contributed by atoms with van der Waals surface area (Å²) in [6.45, 7) is 5.50. The minimum absolute atomic E-state index is 0.322. The number of esters is 1. The summed E-state index contributed by atoms with van der Waals surface area (Å²) in [7, 11) is 0. The van der Waals surface area contributed by atoms with Crippen LogP contribution in [0.1, 0.15) is 32.4 Å². The molecule has 1 heterocycles. The summed E-state index contributed by atoms with van der Waals surface area (Å²) in [5.41, 5.74) is 0.308. The normalized spacial score (nSPS) is 23.3. The third-order valence-corrected chi connectivity index (χ3v) is 3.96. The van der Waals surface area contributed by atoms with Crippen LogP contribution in [0.15, 0.2) is 29.2 Å². The number of benzene rings is 1. The van der Waals surface area contributed by atoms with Crippen molar-refractivity contribution in [2.45, 2.75) is 37.4 Å². The van der Waals surface area contributed by atoms with Gasteiger partial charge in [0.05, 0.1) is 12.0 Å². The van der Waals surface area contributed by atoms with Crippen molar-refractivity contribution in [3.05, 3.63) is 29.8 Å². The molecule has 0 radical (unpaired) electrons. The number of aliphatic hydroxyl groups is 1. The molecule has 0 spiro atoms. The molecule has 1 aromatic rings. The molecular formula is C14H18O3S. The van der Waals surface area contributed by atoms with E-state index in [2.05, 4.69) is 0 Å². The maximum atomic E-state index is 12.0. The average Bonchev–Trinajstić information content (AvgIpc) is 2.27. The second-order valence-electron chi connectivity index (χ2n) is 5.43. The molecule has 2 rings (SSSR count). The number of carbonyl (C=O) groups is 1. The van der Waals surface area contributed by atoms with E-state index in [1.807, 2.05) is 45.0 Å². The average molecular weight is 266 g/mol. The SMILES string of the molecule is CC(C)(C)OC(=O)C1CSc2ccccc2C1O. The van der Waals surface area contributed by atoms with Gasteiger partial charge in [0, 0.05) is 10.6 Å². The van der Waals surface area contributed by atoms with Crippen LogP contribution in [0.2, 0.25) is 0 Å². The first-order valence-electron chi connectivity index (χ1n) is 6.01. The van der Waals surface area contributed by atoms with Gasteiger partial charge in [-0.15, -0.1) is 11.8 Å². The van der Waals surface area contributed by atoms with Gasteiger partial charge < -0.3 is 9.84 Å². The van der Waals surface area contributed by atoms with Crippen LogP contribution in [0.5, 0.6) is 0 Å². The Kier molecular flexibility index (Phi) is 3.69. The number of hydrogen-bond donors (Lipinski definition) is 1. The highest BCUT2D eigenvalue weighted by molar-refractivity contribution is 7.99. The Bertz CT molecular complexity index is 451. The zero-order chi connectivity index (χ0) is 13.3. The molecule has 18 heavy (non-hydrogen) atoms. The van der Waals surface area contributed by atoms with Crippen molar-refractivity contribution in [3.63, 3.8) is 0 Å². The predicted octanol–water partition coefficient (Wildman–Crippen LogP) is 2.78. The zero-order valence-corrected chi connectivity index (χ0v) is 11.7. The van der Waals surface area contributed by atoms with E-state index in [1.54, 1.807) is 11.8 Å². The number of rotatable bonds is 1. The van der Waals surface area contributed by atoms with Crippen molar-refractivity contribution >= 4 is 17.7 Å². The van der Waals surface area contributed by atoms with Crippen LogP contribution >= 0.6 is 11.8 Å².